The Labute approximate surface area is 135 Å². The van der Waals surface area contributed by atoms with Crippen molar-refractivity contribution in [2.45, 2.75) is 32.2 Å². The number of amides is 2. The van der Waals surface area contributed by atoms with Gasteiger partial charge in [-0.1, -0.05) is 30.3 Å². The number of carbonyl (C=O) groups excluding carboxylic acids is 2. The minimum absolute atomic E-state index is 0.00514. The zero-order valence-electron chi connectivity index (χ0n) is 13.2. The van der Waals surface area contributed by atoms with Crippen LogP contribution in [0.25, 0.3) is 0 Å². The number of benzene rings is 1. The first-order valence-corrected chi connectivity index (χ1v) is 7.86. The van der Waals surface area contributed by atoms with E-state index in [1.165, 1.54) is 0 Å². The highest BCUT2D eigenvalue weighted by Crippen LogP contribution is 2.22. The Balaban J connectivity index is 2.04. The summed E-state index contributed by atoms with van der Waals surface area (Å²) in [6.45, 7) is 2.92. The van der Waals surface area contributed by atoms with Gasteiger partial charge in [0.1, 0.15) is 0 Å². The van der Waals surface area contributed by atoms with Gasteiger partial charge in [-0.25, -0.2) is 0 Å². The van der Waals surface area contributed by atoms with Gasteiger partial charge in [0.15, 0.2) is 0 Å². The third-order valence-electron chi connectivity index (χ3n) is 4.13. The molecule has 6 nitrogen and oxygen atoms in total. The summed E-state index contributed by atoms with van der Waals surface area (Å²) in [7, 11) is 0. The fraction of sp³-hybridized carbons (Fsp3) is 0.471. The lowest BCUT2D eigenvalue weighted by atomic mass is 10.00. The number of nitrogens with zero attached hydrogens (tertiary/aromatic N) is 1. The smallest absolute Gasteiger partial charge is 0.303 e. The van der Waals surface area contributed by atoms with Crippen LogP contribution in [0.2, 0.25) is 0 Å². The van der Waals surface area contributed by atoms with Crippen LogP contribution >= 0.6 is 0 Å². The SMILES string of the molecule is CCN1C[C@@H](C(=O)N[C@H](CCC(=O)O)c2ccccc2)CC1=O. The highest BCUT2D eigenvalue weighted by atomic mass is 16.4. The second-order valence-electron chi connectivity index (χ2n) is 5.74. The number of nitrogens with one attached hydrogen (secondary N) is 1. The van der Waals surface area contributed by atoms with E-state index in [0.717, 1.165) is 5.56 Å². The van der Waals surface area contributed by atoms with Gasteiger partial charge in [-0.05, 0) is 18.9 Å². The van der Waals surface area contributed by atoms with Crippen molar-refractivity contribution in [1.29, 1.82) is 0 Å². The number of likely N-dealkylation sites (tertiary alicyclic amines) is 1. The molecule has 2 amide bonds. The molecule has 0 unspecified atom stereocenters. The van der Waals surface area contributed by atoms with Crippen LogP contribution < -0.4 is 5.32 Å². The minimum atomic E-state index is -0.895. The normalized spacial score (nSPS) is 18.7. The molecule has 23 heavy (non-hydrogen) atoms. The molecule has 1 heterocycles. The first kappa shape index (κ1) is 17.0. The van der Waals surface area contributed by atoms with E-state index in [4.69, 9.17) is 5.11 Å². The Hall–Kier alpha value is -2.37. The number of hydrogen-bond acceptors (Lipinski definition) is 3. The van der Waals surface area contributed by atoms with E-state index in [2.05, 4.69) is 5.32 Å². The Kier molecular flexibility index (Phi) is 5.73. The second kappa shape index (κ2) is 7.76. The summed E-state index contributed by atoms with van der Waals surface area (Å²) in [5.41, 5.74) is 0.874. The van der Waals surface area contributed by atoms with Crippen LogP contribution in [0, 0.1) is 5.92 Å². The van der Waals surface area contributed by atoms with Crippen molar-refractivity contribution in [3.05, 3.63) is 35.9 Å². The lowest BCUT2D eigenvalue weighted by Crippen LogP contribution is -2.35. The van der Waals surface area contributed by atoms with Crippen LogP contribution in [0.5, 0.6) is 0 Å². The molecule has 0 spiro atoms. The first-order valence-electron chi connectivity index (χ1n) is 7.86. The van der Waals surface area contributed by atoms with Gasteiger partial charge in [0.2, 0.25) is 11.8 Å². The molecular weight excluding hydrogens is 296 g/mol. The summed E-state index contributed by atoms with van der Waals surface area (Å²) >= 11 is 0. The largest absolute Gasteiger partial charge is 0.481 e. The van der Waals surface area contributed by atoms with E-state index in [9.17, 15) is 14.4 Å². The van der Waals surface area contributed by atoms with Gasteiger partial charge in [0.05, 0.1) is 12.0 Å². The van der Waals surface area contributed by atoms with Crippen LogP contribution in [0.3, 0.4) is 0 Å². The van der Waals surface area contributed by atoms with E-state index >= 15 is 0 Å². The van der Waals surface area contributed by atoms with Gasteiger partial charge < -0.3 is 15.3 Å². The molecule has 1 saturated heterocycles. The Morgan fingerprint density at radius 1 is 1.35 bits per heavy atom. The number of aliphatic carboxylic acids is 1. The van der Waals surface area contributed by atoms with E-state index in [1.807, 2.05) is 37.3 Å². The molecule has 0 aliphatic carbocycles. The molecule has 2 N–H and O–H groups in total. The topological polar surface area (TPSA) is 86.7 Å². The van der Waals surface area contributed by atoms with Crippen molar-refractivity contribution in [3.8, 4) is 0 Å². The summed E-state index contributed by atoms with van der Waals surface area (Å²) in [6.07, 6.45) is 0.522. The summed E-state index contributed by atoms with van der Waals surface area (Å²) in [5.74, 6) is -1.45. The number of hydrogen-bond donors (Lipinski definition) is 2. The van der Waals surface area contributed by atoms with Crippen LogP contribution in [-0.2, 0) is 14.4 Å². The lowest BCUT2D eigenvalue weighted by molar-refractivity contribution is -0.137. The third-order valence-corrected chi connectivity index (χ3v) is 4.13. The lowest BCUT2D eigenvalue weighted by Gasteiger charge is -2.21. The van der Waals surface area contributed by atoms with E-state index < -0.39 is 5.97 Å². The zero-order chi connectivity index (χ0) is 16.8. The van der Waals surface area contributed by atoms with Crippen molar-refractivity contribution in [1.82, 2.24) is 10.2 Å². The van der Waals surface area contributed by atoms with Gasteiger partial charge in [0, 0.05) is 25.9 Å². The first-order chi connectivity index (χ1) is 11.0. The maximum atomic E-state index is 12.4. The van der Waals surface area contributed by atoms with Crippen LogP contribution in [0.15, 0.2) is 30.3 Å². The maximum absolute atomic E-state index is 12.4. The van der Waals surface area contributed by atoms with Gasteiger partial charge in [-0.3, -0.25) is 14.4 Å². The molecule has 2 rings (SSSR count). The van der Waals surface area contributed by atoms with Crippen molar-refractivity contribution in [2.24, 2.45) is 5.92 Å². The Bertz CT molecular complexity index is 573. The van der Waals surface area contributed by atoms with E-state index in [0.29, 0.717) is 19.5 Å². The molecule has 124 valence electrons. The molecule has 1 aromatic carbocycles. The van der Waals surface area contributed by atoms with Crippen molar-refractivity contribution in [2.75, 3.05) is 13.1 Å². The molecule has 0 radical (unpaired) electrons. The van der Waals surface area contributed by atoms with E-state index in [-0.39, 0.29) is 36.6 Å². The summed E-state index contributed by atoms with van der Waals surface area (Å²) in [4.78, 5) is 36.7. The third kappa shape index (κ3) is 4.55. The van der Waals surface area contributed by atoms with Gasteiger partial charge in [-0.2, -0.15) is 0 Å². The maximum Gasteiger partial charge on any atom is 0.303 e. The fourth-order valence-corrected chi connectivity index (χ4v) is 2.82. The van der Waals surface area contributed by atoms with Crippen LogP contribution in [-0.4, -0.2) is 40.9 Å². The second-order valence-corrected chi connectivity index (χ2v) is 5.74. The predicted octanol–water partition coefficient (Wildman–Crippen LogP) is 1.58. The molecule has 1 fully saturated rings. The highest BCUT2D eigenvalue weighted by molar-refractivity contribution is 5.89. The summed E-state index contributed by atoms with van der Waals surface area (Å²) in [5, 5.41) is 11.8. The molecule has 6 heteroatoms. The van der Waals surface area contributed by atoms with Gasteiger partial charge >= 0.3 is 5.97 Å². The van der Waals surface area contributed by atoms with E-state index in [1.54, 1.807) is 4.90 Å². The molecule has 0 aromatic heterocycles. The monoisotopic (exact) mass is 318 g/mol. The van der Waals surface area contributed by atoms with Crippen LogP contribution in [0.1, 0.15) is 37.8 Å². The summed E-state index contributed by atoms with van der Waals surface area (Å²) < 4.78 is 0. The Morgan fingerprint density at radius 3 is 2.61 bits per heavy atom. The molecule has 0 bridgehead atoms. The molecule has 2 atom stereocenters. The molecular formula is C17H22N2O4. The number of carbonyl (C=O) groups is 3. The Morgan fingerprint density at radius 2 is 2.04 bits per heavy atom. The standard InChI is InChI=1S/C17H22N2O4/c1-2-19-11-13(10-15(19)20)17(23)18-14(8-9-16(21)22)12-6-4-3-5-7-12/h3-7,13-14H,2,8-11H2,1H3,(H,18,23)(H,21,22)/t13-,14+/m0/s1. The van der Waals surface area contributed by atoms with Gasteiger partial charge in [-0.15, -0.1) is 0 Å². The number of carboxylic acids is 1. The highest BCUT2D eigenvalue weighted by Gasteiger charge is 2.34. The molecule has 1 aromatic rings. The minimum Gasteiger partial charge on any atom is -0.481 e. The van der Waals surface area contributed by atoms with Crippen LogP contribution in [0.4, 0.5) is 0 Å². The molecule has 1 aliphatic rings. The fourth-order valence-electron chi connectivity index (χ4n) is 2.82. The van der Waals surface area contributed by atoms with Crippen molar-refractivity contribution < 1.29 is 19.5 Å². The van der Waals surface area contributed by atoms with Crippen molar-refractivity contribution >= 4 is 17.8 Å². The average Bonchev–Trinajstić information content (AvgIpc) is 2.93. The molecule has 1 aliphatic heterocycles. The van der Waals surface area contributed by atoms with Gasteiger partial charge in [0.25, 0.3) is 0 Å². The summed E-state index contributed by atoms with van der Waals surface area (Å²) in [6, 6.07) is 8.95. The molecule has 0 saturated carbocycles. The predicted molar refractivity (Wildman–Crippen MR) is 84.6 cm³/mol. The number of rotatable bonds is 7. The van der Waals surface area contributed by atoms with Crippen molar-refractivity contribution in [3.63, 3.8) is 0 Å². The quantitative estimate of drug-likeness (QED) is 0.799. The number of carboxylic acid groups (broad SMARTS) is 1. The zero-order valence-corrected chi connectivity index (χ0v) is 13.2. The average molecular weight is 318 g/mol.